The quantitative estimate of drug-likeness (QED) is 0.907. The Kier molecular flexibility index (Phi) is 3.33. The maximum Gasteiger partial charge on any atom is 0.0436 e. The normalized spacial score (nSPS) is 15.4. The van der Waals surface area contributed by atoms with Crippen molar-refractivity contribution in [2.45, 2.75) is 26.1 Å². The van der Waals surface area contributed by atoms with Crippen LogP contribution in [-0.4, -0.2) is 0 Å². The highest BCUT2D eigenvalue weighted by Crippen LogP contribution is 2.32. The fourth-order valence-corrected chi connectivity index (χ4v) is 3.33. The maximum atomic E-state index is 5.94. The first-order valence-electron chi connectivity index (χ1n) is 6.52. The molecule has 2 nitrogen and oxygen atoms in total. The lowest BCUT2D eigenvalue weighted by Crippen LogP contribution is -2.15. The molecule has 2 aromatic carbocycles. The number of nitrogens with two attached hydrogens (primary N) is 1. The zero-order valence-corrected chi connectivity index (χ0v) is 12.5. The average molecular weight is 317 g/mol. The summed E-state index contributed by atoms with van der Waals surface area (Å²) < 4.78 is 1.09. The molecule has 0 amide bonds. The molecule has 0 saturated carbocycles. The SMILES string of the molecule is C[C@H](N)c1ccc(N2Cc3ccccc3C2)cc1Br. The predicted molar refractivity (Wildman–Crippen MR) is 83.1 cm³/mol. The summed E-state index contributed by atoms with van der Waals surface area (Å²) in [7, 11) is 0. The molecule has 0 aliphatic carbocycles. The Morgan fingerprint density at radius 3 is 2.26 bits per heavy atom. The number of hydrogen-bond acceptors (Lipinski definition) is 2. The summed E-state index contributed by atoms with van der Waals surface area (Å²) in [6.45, 7) is 3.98. The number of nitrogens with zero attached hydrogens (tertiary/aromatic N) is 1. The van der Waals surface area contributed by atoms with E-state index in [0.29, 0.717) is 0 Å². The van der Waals surface area contributed by atoms with Gasteiger partial charge < -0.3 is 10.6 Å². The van der Waals surface area contributed by atoms with Gasteiger partial charge in [0.1, 0.15) is 0 Å². The van der Waals surface area contributed by atoms with Crippen molar-refractivity contribution in [2.75, 3.05) is 4.90 Å². The molecule has 1 aliphatic heterocycles. The highest BCUT2D eigenvalue weighted by molar-refractivity contribution is 9.10. The Labute approximate surface area is 122 Å². The minimum atomic E-state index is 0.0548. The van der Waals surface area contributed by atoms with Gasteiger partial charge in [-0.3, -0.25) is 0 Å². The Morgan fingerprint density at radius 2 is 1.74 bits per heavy atom. The summed E-state index contributed by atoms with van der Waals surface area (Å²) >= 11 is 3.62. The van der Waals surface area contributed by atoms with Crippen LogP contribution in [0.15, 0.2) is 46.9 Å². The van der Waals surface area contributed by atoms with Crippen LogP contribution >= 0.6 is 15.9 Å². The molecule has 2 aromatic rings. The van der Waals surface area contributed by atoms with Crippen LogP contribution in [0, 0.1) is 0 Å². The smallest absolute Gasteiger partial charge is 0.0436 e. The van der Waals surface area contributed by atoms with E-state index in [1.165, 1.54) is 16.8 Å². The molecule has 19 heavy (non-hydrogen) atoms. The van der Waals surface area contributed by atoms with Crippen LogP contribution in [0.4, 0.5) is 5.69 Å². The van der Waals surface area contributed by atoms with Crippen LogP contribution in [0.2, 0.25) is 0 Å². The molecule has 0 radical (unpaired) electrons. The highest BCUT2D eigenvalue weighted by Gasteiger charge is 2.19. The average Bonchev–Trinajstić information content (AvgIpc) is 2.81. The molecule has 3 heteroatoms. The van der Waals surface area contributed by atoms with Crippen molar-refractivity contribution in [3.8, 4) is 0 Å². The molecule has 0 unspecified atom stereocenters. The lowest BCUT2D eigenvalue weighted by Gasteiger charge is -2.19. The van der Waals surface area contributed by atoms with Gasteiger partial charge in [0, 0.05) is 29.3 Å². The van der Waals surface area contributed by atoms with Crippen molar-refractivity contribution in [2.24, 2.45) is 5.73 Å². The summed E-state index contributed by atoms with van der Waals surface area (Å²) in [6, 6.07) is 15.1. The number of fused-ring (bicyclic) bond motifs is 1. The number of benzene rings is 2. The molecule has 0 spiro atoms. The molecule has 0 aromatic heterocycles. The predicted octanol–water partition coefficient (Wildman–Crippen LogP) is 3.99. The van der Waals surface area contributed by atoms with Crippen LogP contribution in [0.25, 0.3) is 0 Å². The standard InChI is InChI=1S/C16H17BrN2/c1-11(18)15-7-6-14(8-16(15)17)19-9-12-4-2-3-5-13(12)10-19/h2-8,11H,9-10,18H2,1H3/t11-/m0/s1. The van der Waals surface area contributed by atoms with Gasteiger partial charge >= 0.3 is 0 Å². The summed E-state index contributed by atoms with van der Waals surface area (Å²) in [5.74, 6) is 0. The van der Waals surface area contributed by atoms with Gasteiger partial charge in [-0.15, -0.1) is 0 Å². The van der Waals surface area contributed by atoms with Crippen LogP contribution < -0.4 is 10.6 Å². The monoisotopic (exact) mass is 316 g/mol. The molecule has 2 N–H and O–H groups in total. The van der Waals surface area contributed by atoms with Crippen LogP contribution in [-0.2, 0) is 13.1 Å². The van der Waals surface area contributed by atoms with Crippen molar-refractivity contribution >= 4 is 21.6 Å². The van der Waals surface area contributed by atoms with Crippen molar-refractivity contribution in [1.29, 1.82) is 0 Å². The Morgan fingerprint density at radius 1 is 1.11 bits per heavy atom. The van der Waals surface area contributed by atoms with Crippen LogP contribution in [0.5, 0.6) is 0 Å². The minimum absolute atomic E-state index is 0.0548. The van der Waals surface area contributed by atoms with Gasteiger partial charge in [-0.05, 0) is 35.7 Å². The zero-order chi connectivity index (χ0) is 13.4. The number of halogens is 1. The van der Waals surface area contributed by atoms with Crippen molar-refractivity contribution < 1.29 is 0 Å². The summed E-state index contributed by atoms with van der Waals surface area (Å²) in [5.41, 5.74) is 11.2. The Balaban J connectivity index is 1.88. The Hall–Kier alpha value is -1.32. The number of hydrogen-bond donors (Lipinski definition) is 1. The topological polar surface area (TPSA) is 29.3 Å². The molecular weight excluding hydrogens is 300 g/mol. The third-order valence-electron chi connectivity index (χ3n) is 3.68. The molecule has 1 atom stereocenters. The molecule has 0 bridgehead atoms. The molecule has 1 heterocycles. The van der Waals surface area contributed by atoms with Crippen molar-refractivity contribution in [3.63, 3.8) is 0 Å². The minimum Gasteiger partial charge on any atom is -0.363 e. The molecule has 0 fully saturated rings. The first-order chi connectivity index (χ1) is 9.15. The van der Waals surface area contributed by atoms with E-state index in [9.17, 15) is 0 Å². The maximum absolute atomic E-state index is 5.94. The summed E-state index contributed by atoms with van der Waals surface area (Å²) in [5, 5.41) is 0. The third kappa shape index (κ3) is 2.40. The largest absolute Gasteiger partial charge is 0.363 e. The van der Waals surface area contributed by atoms with E-state index in [-0.39, 0.29) is 6.04 Å². The van der Waals surface area contributed by atoms with E-state index in [1.807, 2.05) is 6.92 Å². The molecule has 0 saturated heterocycles. The van der Waals surface area contributed by atoms with Gasteiger partial charge in [-0.2, -0.15) is 0 Å². The fourth-order valence-electron chi connectivity index (χ4n) is 2.60. The van der Waals surface area contributed by atoms with E-state index >= 15 is 0 Å². The second-order valence-corrected chi connectivity index (χ2v) is 5.97. The molecule has 3 rings (SSSR count). The molecule has 98 valence electrons. The first kappa shape index (κ1) is 12.7. The number of anilines is 1. The fraction of sp³-hybridized carbons (Fsp3) is 0.250. The lowest BCUT2D eigenvalue weighted by molar-refractivity contribution is 0.810. The third-order valence-corrected chi connectivity index (χ3v) is 4.37. The van der Waals surface area contributed by atoms with Crippen LogP contribution in [0.3, 0.4) is 0 Å². The van der Waals surface area contributed by atoms with Crippen molar-refractivity contribution in [1.82, 2.24) is 0 Å². The van der Waals surface area contributed by atoms with Gasteiger partial charge in [-0.1, -0.05) is 46.3 Å². The van der Waals surface area contributed by atoms with Gasteiger partial charge in [0.2, 0.25) is 0 Å². The second kappa shape index (κ2) is 4.99. The highest BCUT2D eigenvalue weighted by atomic mass is 79.9. The van der Waals surface area contributed by atoms with E-state index in [1.54, 1.807) is 0 Å². The van der Waals surface area contributed by atoms with Gasteiger partial charge in [-0.25, -0.2) is 0 Å². The summed E-state index contributed by atoms with van der Waals surface area (Å²) in [6.07, 6.45) is 0. The molecular formula is C16H17BrN2. The van der Waals surface area contributed by atoms with E-state index in [2.05, 4.69) is 63.3 Å². The van der Waals surface area contributed by atoms with Gasteiger partial charge in [0.25, 0.3) is 0 Å². The lowest BCUT2D eigenvalue weighted by atomic mass is 10.1. The van der Waals surface area contributed by atoms with Gasteiger partial charge in [0.15, 0.2) is 0 Å². The second-order valence-electron chi connectivity index (χ2n) is 5.12. The molecule has 1 aliphatic rings. The zero-order valence-electron chi connectivity index (χ0n) is 10.9. The van der Waals surface area contributed by atoms with E-state index < -0.39 is 0 Å². The van der Waals surface area contributed by atoms with E-state index in [4.69, 9.17) is 5.73 Å². The summed E-state index contributed by atoms with van der Waals surface area (Å²) in [4.78, 5) is 2.39. The van der Waals surface area contributed by atoms with Crippen LogP contribution in [0.1, 0.15) is 29.7 Å². The van der Waals surface area contributed by atoms with E-state index in [0.717, 1.165) is 23.1 Å². The Bertz CT molecular complexity index is 582. The van der Waals surface area contributed by atoms with Gasteiger partial charge in [0.05, 0.1) is 0 Å². The number of rotatable bonds is 2. The first-order valence-corrected chi connectivity index (χ1v) is 7.31. The van der Waals surface area contributed by atoms with Crippen molar-refractivity contribution in [3.05, 3.63) is 63.6 Å².